The monoisotopic (exact) mass is 361 g/mol. The van der Waals surface area contributed by atoms with Gasteiger partial charge in [0.05, 0.1) is 23.2 Å². The number of benzene rings is 2. The number of nitrogens with zero attached hydrogens (tertiary/aromatic N) is 3. The maximum atomic E-state index is 12.1. The van der Waals surface area contributed by atoms with E-state index in [1.807, 2.05) is 35.2 Å². The van der Waals surface area contributed by atoms with Crippen LogP contribution in [-0.2, 0) is 6.54 Å². The van der Waals surface area contributed by atoms with E-state index >= 15 is 0 Å². The highest BCUT2D eigenvalue weighted by atomic mass is 16.4. The summed E-state index contributed by atoms with van der Waals surface area (Å²) >= 11 is 0. The molecule has 0 aliphatic carbocycles. The van der Waals surface area contributed by atoms with Gasteiger partial charge in [-0.15, -0.1) is 6.42 Å². The van der Waals surface area contributed by atoms with Crippen LogP contribution in [0.15, 0.2) is 52.4 Å². The van der Waals surface area contributed by atoms with Gasteiger partial charge in [0.15, 0.2) is 0 Å². The van der Waals surface area contributed by atoms with Crippen molar-refractivity contribution in [2.75, 3.05) is 17.2 Å². The number of anilines is 2. The molecule has 0 saturated carbocycles. The van der Waals surface area contributed by atoms with Gasteiger partial charge in [-0.2, -0.15) is 0 Å². The van der Waals surface area contributed by atoms with Crippen LogP contribution < -0.4 is 16.2 Å². The van der Waals surface area contributed by atoms with E-state index in [1.165, 1.54) is 0 Å². The standard InChI is InChI=1S/C20H19N5O2/c1-3-10-25(16-7-5-15(6-8-16)13(2)24-27)12-14-4-9-18-17(11-14)19(26)23-20(21)22-18/h1,4-9,11,27H,10,12H2,2H3,(H3,21,22,23,26). The van der Waals surface area contributed by atoms with Crippen molar-refractivity contribution in [2.45, 2.75) is 13.5 Å². The third-order valence-electron chi connectivity index (χ3n) is 4.24. The molecule has 0 aliphatic heterocycles. The zero-order chi connectivity index (χ0) is 19.4. The minimum atomic E-state index is -0.272. The van der Waals surface area contributed by atoms with Crippen LogP contribution in [0.4, 0.5) is 11.6 Å². The molecule has 27 heavy (non-hydrogen) atoms. The highest BCUT2D eigenvalue weighted by Crippen LogP contribution is 2.20. The van der Waals surface area contributed by atoms with E-state index in [4.69, 9.17) is 17.4 Å². The topological polar surface area (TPSA) is 108 Å². The number of rotatable bonds is 5. The van der Waals surface area contributed by atoms with E-state index in [2.05, 4.69) is 21.0 Å². The zero-order valence-corrected chi connectivity index (χ0v) is 14.8. The summed E-state index contributed by atoms with van der Waals surface area (Å²) in [6, 6.07) is 13.0. The lowest BCUT2D eigenvalue weighted by Gasteiger charge is -2.23. The van der Waals surface area contributed by atoms with E-state index in [1.54, 1.807) is 19.1 Å². The number of nitrogens with two attached hydrogens (primary N) is 1. The molecule has 0 atom stereocenters. The Balaban J connectivity index is 1.91. The van der Waals surface area contributed by atoms with Crippen LogP contribution in [0.1, 0.15) is 18.1 Å². The van der Waals surface area contributed by atoms with Gasteiger partial charge in [-0.05, 0) is 42.3 Å². The highest BCUT2D eigenvalue weighted by Gasteiger charge is 2.10. The van der Waals surface area contributed by atoms with Crippen LogP contribution in [0.5, 0.6) is 0 Å². The molecule has 0 fully saturated rings. The lowest BCUT2D eigenvalue weighted by Crippen LogP contribution is -2.23. The molecule has 0 unspecified atom stereocenters. The minimum absolute atomic E-state index is 0.0935. The van der Waals surface area contributed by atoms with Crippen molar-refractivity contribution < 1.29 is 5.21 Å². The summed E-state index contributed by atoms with van der Waals surface area (Å²) in [5.74, 6) is 2.75. The average molecular weight is 361 g/mol. The lowest BCUT2D eigenvalue weighted by molar-refractivity contribution is 0.319. The van der Waals surface area contributed by atoms with Crippen LogP contribution in [-0.4, -0.2) is 27.4 Å². The molecule has 7 nitrogen and oxygen atoms in total. The number of aromatic amines is 1. The van der Waals surface area contributed by atoms with Gasteiger partial charge in [-0.1, -0.05) is 29.3 Å². The summed E-state index contributed by atoms with van der Waals surface area (Å²) < 4.78 is 0. The van der Waals surface area contributed by atoms with Gasteiger partial charge in [0.25, 0.3) is 5.56 Å². The molecule has 1 aromatic heterocycles. The Morgan fingerprint density at radius 2 is 2.07 bits per heavy atom. The van der Waals surface area contributed by atoms with Gasteiger partial charge in [0.2, 0.25) is 5.95 Å². The summed E-state index contributed by atoms with van der Waals surface area (Å²) in [5, 5.41) is 12.6. The molecule has 136 valence electrons. The number of H-pyrrole nitrogens is 1. The molecule has 0 amide bonds. The summed E-state index contributed by atoms with van der Waals surface area (Å²) in [6.45, 7) is 2.65. The summed E-state index contributed by atoms with van der Waals surface area (Å²) in [6.07, 6.45) is 5.53. The Morgan fingerprint density at radius 1 is 1.33 bits per heavy atom. The predicted molar refractivity (Wildman–Crippen MR) is 107 cm³/mol. The van der Waals surface area contributed by atoms with Gasteiger partial charge in [-0.3, -0.25) is 9.78 Å². The lowest BCUT2D eigenvalue weighted by atomic mass is 10.1. The molecule has 2 aromatic carbocycles. The van der Waals surface area contributed by atoms with Crippen LogP contribution in [0.2, 0.25) is 0 Å². The van der Waals surface area contributed by atoms with Gasteiger partial charge in [-0.25, -0.2) is 4.98 Å². The first kappa shape index (κ1) is 18.0. The number of oxime groups is 1. The number of nitrogen functional groups attached to an aromatic ring is 1. The first-order chi connectivity index (χ1) is 13.0. The fraction of sp³-hybridized carbons (Fsp3) is 0.150. The molecule has 3 aromatic rings. The van der Waals surface area contributed by atoms with Crippen LogP contribution in [0.3, 0.4) is 0 Å². The maximum Gasteiger partial charge on any atom is 0.260 e. The summed E-state index contributed by atoms with van der Waals surface area (Å²) in [5.41, 5.74) is 9.06. The smallest absolute Gasteiger partial charge is 0.260 e. The number of fused-ring (bicyclic) bond motifs is 1. The largest absolute Gasteiger partial charge is 0.411 e. The van der Waals surface area contributed by atoms with Crippen molar-refractivity contribution in [3.63, 3.8) is 0 Å². The molecule has 0 bridgehead atoms. The molecule has 0 saturated heterocycles. The van der Waals surface area contributed by atoms with Crippen molar-refractivity contribution in [2.24, 2.45) is 5.16 Å². The first-order valence-electron chi connectivity index (χ1n) is 8.27. The number of terminal acetylenes is 1. The molecule has 1 heterocycles. The summed E-state index contributed by atoms with van der Waals surface area (Å²) in [7, 11) is 0. The van der Waals surface area contributed by atoms with E-state index in [0.29, 0.717) is 29.7 Å². The van der Waals surface area contributed by atoms with Crippen molar-refractivity contribution in [3.05, 3.63) is 63.9 Å². The fourth-order valence-corrected chi connectivity index (χ4v) is 2.84. The number of aromatic nitrogens is 2. The quantitative estimate of drug-likeness (QED) is 0.280. The van der Waals surface area contributed by atoms with E-state index < -0.39 is 0 Å². The highest BCUT2D eigenvalue weighted by molar-refractivity contribution is 5.98. The van der Waals surface area contributed by atoms with Crippen molar-refractivity contribution in [3.8, 4) is 12.3 Å². The zero-order valence-electron chi connectivity index (χ0n) is 14.8. The van der Waals surface area contributed by atoms with Crippen molar-refractivity contribution in [1.82, 2.24) is 9.97 Å². The Kier molecular flexibility index (Phi) is 5.08. The second-order valence-corrected chi connectivity index (χ2v) is 6.10. The predicted octanol–water partition coefficient (Wildman–Crippen LogP) is 2.34. The Bertz CT molecular complexity index is 1090. The molecular formula is C20H19N5O2. The number of hydrogen-bond acceptors (Lipinski definition) is 6. The van der Waals surface area contributed by atoms with Crippen molar-refractivity contribution >= 4 is 28.3 Å². The van der Waals surface area contributed by atoms with Gasteiger partial charge in [0, 0.05) is 12.2 Å². The van der Waals surface area contributed by atoms with E-state index in [9.17, 15) is 4.79 Å². The average Bonchev–Trinajstić information content (AvgIpc) is 2.67. The fourth-order valence-electron chi connectivity index (χ4n) is 2.84. The van der Waals surface area contributed by atoms with Crippen LogP contribution >= 0.6 is 0 Å². The Morgan fingerprint density at radius 3 is 2.74 bits per heavy atom. The second kappa shape index (κ2) is 7.62. The minimum Gasteiger partial charge on any atom is -0.411 e. The van der Waals surface area contributed by atoms with Gasteiger partial charge >= 0.3 is 0 Å². The van der Waals surface area contributed by atoms with E-state index in [-0.39, 0.29) is 11.5 Å². The first-order valence-corrected chi connectivity index (χ1v) is 8.27. The number of hydrogen-bond donors (Lipinski definition) is 3. The van der Waals surface area contributed by atoms with Gasteiger partial charge in [0.1, 0.15) is 0 Å². The normalized spacial score (nSPS) is 11.3. The Hall–Kier alpha value is -3.79. The molecule has 7 heteroatoms. The third-order valence-corrected chi connectivity index (χ3v) is 4.24. The van der Waals surface area contributed by atoms with Crippen LogP contribution in [0, 0.1) is 12.3 Å². The van der Waals surface area contributed by atoms with Crippen molar-refractivity contribution in [1.29, 1.82) is 0 Å². The molecule has 0 spiro atoms. The van der Waals surface area contributed by atoms with E-state index in [0.717, 1.165) is 16.8 Å². The summed E-state index contributed by atoms with van der Waals surface area (Å²) in [4.78, 5) is 20.8. The number of nitrogens with one attached hydrogen (secondary N) is 1. The molecule has 0 aliphatic rings. The molecule has 0 radical (unpaired) electrons. The third kappa shape index (κ3) is 3.90. The SMILES string of the molecule is C#CCN(Cc1ccc2nc(N)[nH]c(=O)c2c1)c1ccc(C(C)=NO)cc1. The second-order valence-electron chi connectivity index (χ2n) is 6.10. The maximum absolute atomic E-state index is 12.1. The molecule has 4 N–H and O–H groups in total. The molecular weight excluding hydrogens is 342 g/mol. The Labute approximate surface area is 156 Å². The van der Waals surface area contributed by atoms with Crippen LogP contribution in [0.25, 0.3) is 10.9 Å². The molecule has 3 rings (SSSR count). The van der Waals surface area contributed by atoms with Gasteiger partial charge < -0.3 is 15.8 Å².